The molecule has 0 atom stereocenters. The zero-order valence-corrected chi connectivity index (χ0v) is 19.5. The highest BCUT2D eigenvalue weighted by molar-refractivity contribution is 5.77. The van der Waals surface area contributed by atoms with Crippen molar-refractivity contribution in [3.05, 3.63) is 0 Å². The van der Waals surface area contributed by atoms with Gasteiger partial charge in [0.1, 0.15) is 0 Å². The van der Waals surface area contributed by atoms with Gasteiger partial charge in [-0.25, -0.2) is 0 Å². The summed E-state index contributed by atoms with van der Waals surface area (Å²) >= 11 is 0. The molecule has 0 spiro atoms. The number of unbranched alkanes of at least 4 members (excludes halogenated alkanes) is 6. The fourth-order valence-electron chi connectivity index (χ4n) is 4.01. The van der Waals surface area contributed by atoms with Crippen molar-refractivity contribution in [3.63, 3.8) is 0 Å². The first kappa shape index (κ1) is 26.9. The summed E-state index contributed by atoms with van der Waals surface area (Å²) in [6, 6.07) is 0. The monoisotopic (exact) mass is 398 g/mol. The van der Waals surface area contributed by atoms with E-state index in [1.54, 1.807) is 0 Å². The van der Waals surface area contributed by atoms with Gasteiger partial charge in [-0.05, 0) is 37.5 Å². The molecular weight excluding hydrogens is 352 g/mol. The topological polar surface area (TPSA) is 52.6 Å². The van der Waals surface area contributed by atoms with Crippen molar-refractivity contribution in [1.29, 1.82) is 0 Å². The van der Waals surface area contributed by atoms with E-state index in [4.69, 9.17) is 9.47 Å². The molecule has 0 aliphatic carbocycles. The molecule has 4 nitrogen and oxygen atoms in total. The average Bonchev–Trinajstić information content (AvgIpc) is 2.65. The fourth-order valence-corrected chi connectivity index (χ4v) is 4.01. The fraction of sp³-hybridized carbons (Fsp3) is 0.917. The van der Waals surface area contributed by atoms with E-state index in [0.29, 0.717) is 19.6 Å². The molecular formula is C24H46O4. The number of ether oxygens (including phenoxy) is 2. The molecule has 0 unspecified atom stereocenters. The lowest BCUT2D eigenvalue weighted by Gasteiger charge is -2.39. The molecule has 0 aromatic carbocycles. The van der Waals surface area contributed by atoms with Gasteiger partial charge in [0.15, 0.2) is 0 Å². The summed E-state index contributed by atoms with van der Waals surface area (Å²) in [5.41, 5.74) is -0.367. The Kier molecular flexibility index (Phi) is 15.2. The lowest BCUT2D eigenvalue weighted by molar-refractivity contribution is -0.163. The number of carbonyl (C=O) groups is 2. The molecule has 0 aliphatic heterocycles. The van der Waals surface area contributed by atoms with Crippen LogP contribution in [0.3, 0.4) is 0 Å². The summed E-state index contributed by atoms with van der Waals surface area (Å²) in [5, 5.41) is 0. The first-order valence-corrected chi connectivity index (χ1v) is 11.7. The smallest absolute Gasteiger partial charge is 0.312 e. The number of esters is 2. The van der Waals surface area contributed by atoms with Gasteiger partial charge in [0.25, 0.3) is 0 Å². The zero-order chi connectivity index (χ0) is 21.4. The highest BCUT2D eigenvalue weighted by atomic mass is 16.5. The van der Waals surface area contributed by atoms with Gasteiger partial charge in [-0.3, -0.25) is 9.59 Å². The Morgan fingerprint density at radius 2 is 1.18 bits per heavy atom. The van der Waals surface area contributed by atoms with Crippen molar-refractivity contribution in [2.45, 2.75) is 112 Å². The molecule has 0 aromatic heterocycles. The molecule has 0 rings (SSSR count). The van der Waals surface area contributed by atoms with Gasteiger partial charge >= 0.3 is 11.9 Å². The Morgan fingerprint density at radius 3 is 1.68 bits per heavy atom. The molecule has 0 aromatic rings. The van der Waals surface area contributed by atoms with Crippen LogP contribution in [0.15, 0.2) is 0 Å². The Balaban J connectivity index is 4.12. The molecule has 0 amide bonds. The SMILES string of the molecule is CCCOC(=O)CCCCCCCCCC(C(=O)OCCC)(C(C)C)C(C)C. The minimum Gasteiger partial charge on any atom is -0.466 e. The Bertz CT molecular complexity index is 407. The maximum Gasteiger partial charge on any atom is 0.312 e. The number of hydrogen-bond acceptors (Lipinski definition) is 4. The number of carbonyl (C=O) groups excluding carboxylic acids is 2. The van der Waals surface area contributed by atoms with Gasteiger partial charge in [0.05, 0.1) is 18.6 Å². The molecule has 0 bridgehead atoms. The van der Waals surface area contributed by atoms with Crippen LogP contribution in [0.2, 0.25) is 0 Å². The molecule has 0 heterocycles. The lowest BCUT2D eigenvalue weighted by atomic mass is 9.66. The highest BCUT2D eigenvalue weighted by Gasteiger charge is 2.45. The second-order valence-electron chi connectivity index (χ2n) is 8.68. The van der Waals surface area contributed by atoms with Gasteiger partial charge in [0.2, 0.25) is 0 Å². The first-order chi connectivity index (χ1) is 13.3. The van der Waals surface area contributed by atoms with Crippen LogP contribution in [0.4, 0.5) is 0 Å². The standard InChI is InChI=1S/C24H46O4/c1-7-18-27-22(25)16-14-12-10-9-11-13-15-17-24(20(3)4,21(5)6)23(26)28-19-8-2/h20-21H,7-19H2,1-6H3. The Hall–Kier alpha value is -1.06. The zero-order valence-electron chi connectivity index (χ0n) is 19.5. The van der Waals surface area contributed by atoms with E-state index in [1.807, 2.05) is 13.8 Å². The van der Waals surface area contributed by atoms with Gasteiger partial charge in [0, 0.05) is 6.42 Å². The number of hydrogen-bond donors (Lipinski definition) is 0. The maximum absolute atomic E-state index is 12.8. The van der Waals surface area contributed by atoms with E-state index in [0.717, 1.165) is 44.9 Å². The normalized spacial score (nSPS) is 11.9. The molecule has 0 saturated carbocycles. The Morgan fingerprint density at radius 1 is 0.714 bits per heavy atom. The van der Waals surface area contributed by atoms with E-state index in [-0.39, 0.29) is 29.2 Å². The predicted molar refractivity (Wildman–Crippen MR) is 116 cm³/mol. The second kappa shape index (κ2) is 15.8. The van der Waals surface area contributed by atoms with Crippen molar-refractivity contribution in [1.82, 2.24) is 0 Å². The molecule has 166 valence electrons. The van der Waals surface area contributed by atoms with Crippen molar-refractivity contribution in [3.8, 4) is 0 Å². The van der Waals surface area contributed by atoms with Crippen molar-refractivity contribution >= 4 is 11.9 Å². The summed E-state index contributed by atoms with van der Waals surface area (Å²) < 4.78 is 10.7. The third-order valence-corrected chi connectivity index (χ3v) is 5.82. The minimum absolute atomic E-state index is 0.00527. The third-order valence-electron chi connectivity index (χ3n) is 5.82. The third kappa shape index (κ3) is 9.93. The van der Waals surface area contributed by atoms with Crippen LogP contribution in [0, 0.1) is 17.3 Å². The van der Waals surface area contributed by atoms with E-state index < -0.39 is 0 Å². The van der Waals surface area contributed by atoms with E-state index in [2.05, 4.69) is 27.7 Å². The largest absolute Gasteiger partial charge is 0.466 e. The van der Waals surface area contributed by atoms with Gasteiger partial charge in [-0.2, -0.15) is 0 Å². The van der Waals surface area contributed by atoms with Crippen LogP contribution in [-0.4, -0.2) is 25.2 Å². The van der Waals surface area contributed by atoms with Gasteiger partial charge in [-0.15, -0.1) is 0 Å². The number of rotatable bonds is 17. The van der Waals surface area contributed by atoms with Crippen molar-refractivity contribution < 1.29 is 19.1 Å². The molecule has 0 fully saturated rings. The van der Waals surface area contributed by atoms with Gasteiger partial charge < -0.3 is 9.47 Å². The molecule has 0 N–H and O–H groups in total. The van der Waals surface area contributed by atoms with Crippen molar-refractivity contribution in [2.24, 2.45) is 17.3 Å². The van der Waals surface area contributed by atoms with Gasteiger partial charge in [-0.1, -0.05) is 80.1 Å². The Labute approximate surface area is 174 Å². The molecule has 4 heteroatoms. The van der Waals surface area contributed by atoms with Crippen LogP contribution in [0.25, 0.3) is 0 Å². The predicted octanol–water partition coefficient (Wildman–Crippen LogP) is 6.70. The summed E-state index contributed by atoms with van der Waals surface area (Å²) in [6.07, 6.45) is 11.0. The van der Waals surface area contributed by atoms with E-state index >= 15 is 0 Å². The van der Waals surface area contributed by atoms with Crippen LogP contribution in [-0.2, 0) is 19.1 Å². The van der Waals surface area contributed by atoms with Crippen LogP contribution < -0.4 is 0 Å². The average molecular weight is 399 g/mol. The molecule has 28 heavy (non-hydrogen) atoms. The summed E-state index contributed by atoms with van der Waals surface area (Å²) in [4.78, 5) is 24.2. The maximum atomic E-state index is 12.8. The quantitative estimate of drug-likeness (QED) is 0.202. The second-order valence-corrected chi connectivity index (χ2v) is 8.68. The summed E-state index contributed by atoms with van der Waals surface area (Å²) in [6.45, 7) is 13.7. The molecule has 0 aliphatic rings. The van der Waals surface area contributed by atoms with E-state index in [1.165, 1.54) is 19.3 Å². The first-order valence-electron chi connectivity index (χ1n) is 11.7. The van der Waals surface area contributed by atoms with E-state index in [9.17, 15) is 9.59 Å². The summed E-state index contributed by atoms with van der Waals surface area (Å²) in [5.74, 6) is 0.499. The molecule has 0 saturated heterocycles. The van der Waals surface area contributed by atoms with Crippen LogP contribution in [0.1, 0.15) is 112 Å². The van der Waals surface area contributed by atoms with Crippen molar-refractivity contribution in [2.75, 3.05) is 13.2 Å². The molecule has 0 radical (unpaired) electrons. The summed E-state index contributed by atoms with van der Waals surface area (Å²) in [7, 11) is 0. The minimum atomic E-state index is -0.367. The highest BCUT2D eigenvalue weighted by Crippen LogP contribution is 2.42. The lowest BCUT2D eigenvalue weighted by Crippen LogP contribution is -2.42. The van der Waals surface area contributed by atoms with Crippen LogP contribution in [0.5, 0.6) is 0 Å². The van der Waals surface area contributed by atoms with Crippen LogP contribution >= 0.6 is 0 Å².